The summed E-state index contributed by atoms with van der Waals surface area (Å²) in [5, 5.41) is 6.33. The van der Waals surface area contributed by atoms with E-state index in [1.54, 1.807) is 19.1 Å². The van der Waals surface area contributed by atoms with Gasteiger partial charge in [0.25, 0.3) is 5.91 Å². The number of carbonyl (C=O) groups is 2. The highest BCUT2D eigenvalue weighted by atomic mass is 19.1. The minimum absolute atomic E-state index is 0.0470. The average Bonchev–Trinajstić information content (AvgIpc) is 2.43. The van der Waals surface area contributed by atoms with Crippen molar-refractivity contribution in [3.63, 3.8) is 0 Å². The molecule has 1 aromatic rings. The lowest BCUT2D eigenvalue weighted by Crippen LogP contribution is -2.26. The zero-order chi connectivity index (χ0) is 15.0. The molecule has 5 nitrogen and oxygen atoms in total. The van der Waals surface area contributed by atoms with Crippen LogP contribution in [0.2, 0.25) is 0 Å². The van der Waals surface area contributed by atoms with Gasteiger partial charge in [-0.05, 0) is 19.1 Å². The van der Waals surface area contributed by atoms with E-state index in [0.717, 1.165) is 0 Å². The second-order valence-electron chi connectivity index (χ2n) is 4.04. The number of hydrazone groups is 1. The monoisotopic (exact) mass is 277 g/mol. The van der Waals surface area contributed by atoms with Crippen LogP contribution in [0, 0.1) is 5.82 Å². The number of benzene rings is 1. The van der Waals surface area contributed by atoms with Crippen LogP contribution in [0.5, 0.6) is 0 Å². The van der Waals surface area contributed by atoms with Crippen molar-refractivity contribution in [2.24, 2.45) is 5.10 Å². The molecule has 106 valence electrons. The highest BCUT2D eigenvalue weighted by Crippen LogP contribution is 2.05. The largest absolute Gasteiger partial charge is 0.352 e. The van der Waals surface area contributed by atoms with Crippen molar-refractivity contribution < 1.29 is 14.0 Å². The van der Waals surface area contributed by atoms with Gasteiger partial charge >= 0.3 is 0 Å². The number of nitrogens with zero attached hydrogens (tertiary/aromatic N) is 1. The summed E-state index contributed by atoms with van der Waals surface area (Å²) < 4.78 is 13.3. The Bertz CT molecular complexity index is 541. The van der Waals surface area contributed by atoms with Crippen LogP contribution in [0.3, 0.4) is 0 Å². The fourth-order valence-electron chi connectivity index (χ4n) is 1.37. The molecule has 20 heavy (non-hydrogen) atoms. The van der Waals surface area contributed by atoms with Crippen LogP contribution in [0.25, 0.3) is 0 Å². The second kappa shape index (κ2) is 7.83. The zero-order valence-corrected chi connectivity index (χ0v) is 11.1. The number of amides is 2. The fraction of sp³-hybridized carbons (Fsp3) is 0.214. The van der Waals surface area contributed by atoms with E-state index in [0.29, 0.717) is 12.3 Å². The normalized spacial score (nSPS) is 10.8. The van der Waals surface area contributed by atoms with Crippen molar-refractivity contribution in [2.45, 2.75) is 13.3 Å². The highest BCUT2D eigenvalue weighted by Gasteiger charge is 2.10. The van der Waals surface area contributed by atoms with Crippen molar-refractivity contribution in [1.29, 1.82) is 0 Å². The van der Waals surface area contributed by atoms with E-state index < -0.39 is 11.7 Å². The third-order valence-corrected chi connectivity index (χ3v) is 2.33. The van der Waals surface area contributed by atoms with Gasteiger partial charge in [0.15, 0.2) is 0 Å². The van der Waals surface area contributed by atoms with E-state index in [1.165, 1.54) is 18.2 Å². The maximum atomic E-state index is 13.3. The number of halogens is 1. The minimum atomic E-state index is -0.658. The Labute approximate surface area is 116 Å². The quantitative estimate of drug-likeness (QED) is 0.471. The predicted octanol–water partition coefficient (Wildman–Crippen LogP) is 1.62. The molecule has 0 fully saturated rings. The van der Waals surface area contributed by atoms with Crippen molar-refractivity contribution in [3.8, 4) is 0 Å². The molecular weight excluding hydrogens is 261 g/mol. The molecule has 1 rings (SSSR count). The summed E-state index contributed by atoms with van der Waals surface area (Å²) in [6, 6.07) is 5.59. The molecule has 0 radical (unpaired) electrons. The van der Waals surface area contributed by atoms with Crippen molar-refractivity contribution >= 4 is 17.5 Å². The van der Waals surface area contributed by atoms with Gasteiger partial charge in [-0.15, -0.1) is 6.58 Å². The van der Waals surface area contributed by atoms with Gasteiger partial charge in [0.1, 0.15) is 5.82 Å². The van der Waals surface area contributed by atoms with E-state index in [1.807, 2.05) is 0 Å². The lowest BCUT2D eigenvalue weighted by atomic mass is 10.2. The van der Waals surface area contributed by atoms with Crippen LogP contribution in [0.4, 0.5) is 4.39 Å². The van der Waals surface area contributed by atoms with Crippen molar-refractivity contribution in [2.75, 3.05) is 6.54 Å². The highest BCUT2D eigenvalue weighted by molar-refractivity contribution is 6.01. The van der Waals surface area contributed by atoms with E-state index in [2.05, 4.69) is 22.4 Å². The Morgan fingerprint density at radius 3 is 2.75 bits per heavy atom. The van der Waals surface area contributed by atoms with E-state index in [-0.39, 0.29) is 17.9 Å². The maximum Gasteiger partial charge on any atom is 0.274 e. The Kier molecular flexibility index (Phi) is 6.09. The first-order chi connectivity index (χ1) is 9.54. The molecule has 1 aromatic carbocycles. The molecule has 6 heteroatoms. The fourth-order valence-corrected chi connectivity index (χ4v) is 1.37. The van der Waals surface area contributed by atoms with Crippen LogP contribution < -0.4 is 10.7 Å². The van der Waals surface area contributed by atoms with Crippen molar-refractivity contribution in [3.05, 3.63) is 48.3 Å². The Balaban J connectivity index is 2.54. The van der Waals surface area contributed by atoms with Crippen LogP contribution in [-0.2, 0) is 4.79 Å². The third kappa shape index (κ3) is 5.01. The average molecular weight is 277 g/mol. The Morgan fingerprint density at radius 2 is 2.10 bits per heavy atom. The third-order valence-electron chi connectivity index (χ3n) is 2.33. The molecule has 0 aliphatic rings. The van der Waals surface area contributed by atoms with Gasteiger partial charge < -0.3 is 5.32 Å². The molecule has 0 aromatic heterocycles. The van der Waals surface area contributed by atoms with Gasteiger partial charge in [0.05, 0.1) is 12.0 Å². The first-order valence-corrected chi connectivity index (χ1v) is 6.00. The Morgan fingerprint density at radius 1 is 1.40 bits per heavy atom. The molecule has 0 bridgehead atoms. The first kappa shape index (κ1) is 15.6. The molecule has 2 amide bonds. The summed E-state index contributed by atoms with van der Waals surface area (Å²) in [6.07, 6.45) is 1.61. The second-order valence-corrected chi connectivity index (χ2v) is 4.04. The van der Waals surface area contributed by atoms with Crippen LogP contribution in [0.1, 0.15) is 23.7 Å². The summed E-state index contributed by atoms with van der Waals surface area (Å²) in [4.78, 5) is 23.0. The molecule has 0 unspecified atom stereocenters. The predicted molar refractivity (Wildman–Crippen MR) is 74.8 cm³/mol. The van der Waals surface area contributed by atoms with Crippen molar-refractivity contribution in [1.82, 2.24) is 10.7 Å². The number of nitrogens with one attached hydrogen (secondary N) is 2. The van der Waals surface area contributed by atoms with E-state index >= 15 is 0 Å². The van der Waals surface area contributed by atoms with Gasteiger partial charge in [-0.2, -0.15) is 5.10 Å². The summed E-state index contributed by atoms with van der Waals surface area (Å²) in [6.45, 7) is 5.44. The molecular formula is C14H16FN3O2. The molecule has 0 aliphatic heterocycles. The SMILES string of the molecule is C=CCNC(=O)C/C(C)=N\NC(=O)c1ccccc1F. The molecule has 0 saturated carbocycles. The molecule has 0 spiro atoms. The summed E-state index contributed by atoms with van der Waals surface area (Å²) in [5.41, 5.74) is 2.53. The molecule has 0 heterocycles. The molecule has 0 saturated heterocycles. The number of hydrogen-bond donors (Lipinski definition) is 2. The lowest BCUT2D eigenvalue weighted by molar-refractivity contribution is -0.119. The summed E-state index contributed by atoms with van der Waals surface area (Å²) >= 11 is 0. The van der Waals surface area contributed by atoms with Crippen LogP contribution in [-0.4, -0.2) is 24.1 Å². The smallest absolute Gasteiger partial charge is 0.274 e. The Hall–Kier alpha value is -2.50. The standard InChI is InChI=1S/C14H16FN3O2/c1-3-8-16-13(19)9-10(2)17-18-14(20)11-6-4-5-7-12(11)15/h3-7H,1,8-9H2,2H3,(H,16,19)(H,18,20)/b17-10-. The maximum absolute atomic E-state index is 13.3. The van der Waals surface area contributed by atoms with Gasteiger partial charge in [-0.3, -0.25) is 9.59 Å². The van der Waals surface area contributed by atoms with Gasteiger partial charge in [0, 0.05) is 12.3 Å². The van der Waals surface area contributed by atoms with Crippen LogP contribution >= 0.6 is 0 Å². The summed E-state index contributed by atoms with van der Waals surface area (Å²) in [5.74, 6) is -1.51. The zero-order valence-electron chi connectivity index (χ0n) is 11.1. The van der Waals surface area contributed by atoms with E-state index in [4.69, 9.17) is 0 Å². The lowest BCUT2D eigenvalue weighted by Gasteiger charge is -2.04. The van der Waals surface area contributed by atoms with Gasteiger partial charge in [-0.1, -0.05) is 18.2 Å². The molecule has 0 aliphatic carbocycles. The van der Waals surface area contributed by atoms with Gasteiger partial charge in [-0.25, -0.2) is 9.82 Å². The number of rotatable bonds is 6. The minimum Gasteiger partial charge on any atom is -0.352 e. The molecule has 2 N–H and O–H groups in total. The summed E-state index contributed by atoms with van der Waals surface area (Å²) in [7, 11) is 0. The van der Waals surface area contributed by atoms with Gasteiger partial charge in [0.2, 0.25) is 5.91 Å². The molecule has 0 atom stereocenters. The first-order valence-electron chi connectivity index (χ1n) is 6.00. The number of hydrogen-bond acceptors (Lipinski definition) is 3. The van der Waals surface area contributed by atoms with Crippen LogP contribution in [0.15, 0.2) is 42.0 Å². The number of carbonyl (C=O) groups excluding carboxylic acids is 2. The van der Waals surface area contributed by atoms with E-state index in [9.17, 15) is 14.0 Å². The topological polar surface area (TPSA) is 70.6 Å².